The molecule has 130 valence electrons. The van der Waals surface area contributed by atoms with Crippen LogP contribution in [0.3, 0.4) is 0 Å². The van der Waals surface area contributed by atoms with Crippen LogP contribution in [0.25, 0.3) is 0 Å². The molecule has 1 aromatic carbocycles. The molecule has 1 saturated carbocycles. The zero-order valence-electron chi connectivity index (χ0n) is 14.8. The minimum Gasteiger partial charge on any atom is -0.494 e. The van der Waals surface area contributed by atoms with Crippen molar-refractivity contribution < 1.29 is 9.61 Å². The van der Waals surface area contributed by atoms with Crippen LogP contribution in [0.15, 0.2) is 18.2 Å². The Morgan fingerprint density at radius 1 is 1.38 bits per heavy atom. The Balaban J connectivity index is 1.94. The van der Waals surface area contributed by atoms with E-state index in [0.717, 1.165) is 48.4 Å². The van der Waals surface area contributed by atoms with Crippen LogP contribution in [0.4, 0.5) is 5.69 Å². The van der Waals surface area contributed by atoms with Crippen molar-refractivity contribution in [1.82, 2.24) is 10.7 Å². The third kappa shape index (κ3) is 4.24. The largest absolute Gasteiger partial charge is 0.494 e. The van der Waals surface area contributed by atoms with Gasteiger partial charge in [-0.3, -0.25) is 5.32 Å². The van der Waals surface area contributed by atoms with Crippen LogP contribution < -0.4 is 15.5 Å². The minimum absolute atomic E-state index is 0.0921. The number of hydrogen-bond donors (Lipinski definition) is 2. The van der Waals surface area contributed by atoms with Crippen LogP contribution >= 0.6 is 0 Å². The number of ether oxygens (including phenoxy) is 1. The molecule has 0 aliphatic heterocycles. The summed E-state index contributed by atoms with van der Waals surface area (Å²) in [7, 11) is 0. The molecule has 0 bridgehead atoms. The SMILES string of the molecule is CCNC1(C#N)CCC(N[N+](=O)c2ccc(OCC)c(C)c2)CC1. The Morgan fingerprint density at radius 2 is 2.08 bits per heavy atom. The first-order valence-electron chi connectivity index (χ1n) is 8.66. The first-order valence-corrected chi connectivity index (χ1v) is 8.66. The highest BCUT2D eigenvalue weighted by atomic mass is 16.5. The smallest absolute Gasteiger partial charge is 0.292 e. The summed E-state index contributed by atoms with van der Waals surface area (Å²) in [6.45, 7) is 7.27. The number of nitriles is 1. The van der Waals surface area contributed by atoms with Crippen molar-refractivity contribution in [3.63, 3.8) is 0 Å². The van der Waals surface area contributed by atoms with Gasteiger partial charge < -0.3 is 4.74 Å². The van der Waals surface area contributed by atoms with Gasteiger partial charge in [-0.2, -0.15) is 5.26 Å². The molecule has 6 nitrogen and oxygen atoms in total. The van der Waals surface area contributed by atoms with E-state index in [9.17, 15) is 10.2 Å². The summed E-state index contributed by atoms with van der Waals surface area (Å²) in [6.07, 6.45) is 3.11. The molecule has 1 fully saturated rings. The van der Waals surface area contributed by atoms with Crippen molar-refractivity contribution in [3.05, 3.63) is 28.7 Å². The van der Waals surface area contributed by atoms with Gasteiger partial charge in [-0.05, 0) is 57.7 Å². The van der Waals surface area contributed by atoms with Gasteiger partial charge in [0.15, 0.2) is 4.87 Å². The monoisotopic (exact) mass is 331 g/mol. The number of rotatable bonds is 7. The Morgan fingerprint density at radius 3 is 2.62 bits per heavy atom. The second kappa shape index (κ2) is 8.11. The molecule has 0 amide bonds. The summed E-state index contributed by atoms with van der Waals surface area (Å²) >= 11 is 0. The highest BCUT2D eigenvalue weighted by molar-refractivity contribution is 5.42. The van der Waals surface area contributed by atoms with Crippen molar-refractivity contribution in [2.75, 3.05) is 13.2 Å². The van der Waals surface area contributed by atoms with Crippen LogP contribution in [0.2, 0.25) is 0 Å². The molecule has 24 heavy (non-hydrogen) atoms. The molecular weight excluding hydrogens is 304 g/mol. The van der Waals surface area contributed by atoms with Gasteiger partial charge in [-0.25, -0.2) is 0 Å². The molecule has 0 radical (unpaired) electrons. The van der Waals surface area contributed by atoms with Gasteiger partial charge in [0.05, 0.1) is 23.6 Å². The normalized spacial score (nSPS) is 23.3. The summed E-state index contributed by atoms with van der Waals surface area (Å²) in [5.41, 5.74) is 4.09. The van der Waals surface area contributed by atoms with Gasteiger partial charge in [0.2, 0.25) is 0 Å². The van der Waals surface area contributed by atoms with E-state index >= 15 is 0 Å². The molecular formula is C18H27N4O2+. The fourth-order valence-electron chi connectivity index (χ4n) is 3.22. The number of nitroso groups, excluding NO2 is 1. The Labute approximate surface area is 143 Å². The quantitative estimate of drug-likeness (QED) is 0.593. The predicted molar refractivity (Wildman–Crippen MR) is 93.0 cm³/mol. The first-order chi connectivity index (χ1) is 11.5. The number of aryl methyl sites for hydroxylation is 1. The molecule has 0 saturated heterocycles. The maximum absolute atomic E-state index is 12.4. The zero-order valence-corrected chi connectivity index (χ0v) is 14.8. The van der Waals surface area contributed by atoms with Crippen LogP contribution in [-0.2, 0) is 0 Å². The minimum atomic E-state index is -0.434. The van der Waals surface area contributed by atoms with Crippen LogP contribution in [0.5, 0.6) is 5.75 Å². The molecule has 6 heteroatoms. The molecule has 1 aliphatic carbocycles. The fraction of sp³-hybridized carbons (Fsp3) is 0.611. The van der Waals surface area contributed by atoms with Crippen LogP contribution in [0, 0.1) is 23.2 Å². The van der Waals surface area contributed by atoms with E-state index in [-0.39, 0.29) is 6.04 Å². The van der Waals surface area contributed by atoms with Gasteiger partial charge in [0, 0.05) is 12.1 Å². The lowest BCUT2D eigenvalue weighted by atomic mass is 9.80. The molecule has 0 aromatic heterocycles. The predicted octanol–water partition coefficient (Wildman–Crippen LogP) is 3.12. The summed E-state index contributed by atoms with van der Waals surface area (Å²) in [5, 5.41) is 12.7. The average molecular weight is 331 g/mol. The Hall–Kier alpha value is -2.13. The molecule has 0 unspecified atom stereocenters. The number of nitrogens with zero attached hydrogens (tertiary/aromatic N) is 2. The van der Waals surface area contributed by atoms with Crippen LogP contribution in [-0.4, -0.2) is 29.6 Å². The lowest BCUT2D eigenvalue weighted by Gasteiger charge is -2.34. The number of benzene rings is 1. The Kier molecular flexibility index (Phi) is 6.16. The van der Waals surface area contributed by atoms with Gasteiger partial charge in [-0.1, -0.05) is 6.92 Å². The average Bonchev–Trinajstić information content (AvgIpc) is 2.59. The van der Waals surface area contributed by atoms with Crippen LogP contribution in [0.1, 0.15) is 45.1 Å². The maximum Gasteiger partial charge on any atom is 0.292 e. The molecule has 2 rings (SSSR count). The van der Waals surface area contributed by atoms with Crippen molar-refractivity contribution in [3.8, 4) is 11.8 Å². The molecule has 0 heterocycles. The van der Waals surface area contributed by atoms with E-state index in [1.165, 1.54) is 0 Å². The second-order valence-electron chi connectivity index (χ2n) is 6.30. The molecule has 0 atom stereocenters. The molecule has 0 spiro atoms. The van der Waals surface area contributed by atoms with Crippen molar-refractivity contribution in [1.29, 1.82) is 5.26 Å². The number of nitrogens with one attached hydrogen (secondary N) is 2. The summed E-state index contributed by atoms with van der Waals surface area (Å²) < 4.78 is 5.50. The standard InChI is InChI=1S/C18H27N4O2/c1-4-20-18(13-19)10-8-15(9-11-18)21-22(23)16-6-7-17(24-5-2)14(3)12-16/h6-7,12,15,20H,4-5,8-11H2,1-3H3,(H,21,23)/q+1. The third-order valence-electron chi connectivity index (χ3n) is 4.56. The second-order valence-corrected chi connectivity index (χ2v) is 6.30. The van der Waals surface area contributed by atoms with Gasteiger partial charge in [0.1, 0.15) is 11.3 Å². The van der Waals surface area contributed by atoms with E-state index in [1.807, 2.05) is 32.9 Å². The summed E-state index contributed by atoms with van der Waals surface area (Å²) in [6, 6.07) is 7.91. The van der Waals surface area contributed by atoms with E-state index < -0.39 is 5.54 Å². The summed E-state index contributed by atoms with van der Waals surface area (Å²) in [4.78, 5) is 13.2. The topological polar surface area (TPSA) is 77.2 Å². The van der Waals surface area contributed by atoms with E-state index in [2.05, 4.69) is 16.8 Å². The molecule has 1 aliphatic rings. The van der Waals surface area contributed by atoms with E-state index in [4.69, 9.17) is 4.74 Å². The number of hydrazine groups is 1. The van der Waals surface area contributed by atoms with Gasteiger partial charge in [0.25, 0.3) is 5.69 Å². The maximum atomic E-state index is 12.4. The first kappa shape index (κ1) is 18.2. The van der Waals surface area contributed by atoms with Crippen molar-refractivity contribution >= 4 is 5.69 Å². The molecule has 2 N–H and O–H groups in total. The van der Waals surface area contributed by atoms with Crippen molar-refractivity contribution in [2.45, 2.75) is 58.0 Å². The highest BCUT2D eigenvalue weighted by Gasteiger charge is 2.36. The summed E-state index contributed by atoms with van der Waals surface area (Å²) in [5.74, 6) is 0.803. The van der Waals surface area contributed by atoms with Gasteiger partial charge >= 0.3 is 0 Å². The molecule has 1 aromatic rings. The lowest BCUT2D eigenvalue weighted by Crippen LogP contribution is -2.50. The van der Waals surface area contributed by atoms with Gasteiger partial charge in [-0.15, -0.1) is 5.43 Å². The zero-order chi connectivity index (χ0) is 17.6. The lowest BCUT2D eigenvalue weighted by molar-refractivity contribution is -0.536. The Bertz CT molecular complexity index is 616. The van der Waals surface area contributed by atoms with Crippen molar-refractivity contribution in [2.24, 2.45) is 0 Å². The number of hydrogen-bond acceptors (Lipinski definition) is 4. The third-order valence-corrected chi connectivity index (χ3v) is 4.56. The fourth-order valence-corrected chi connectivity index (χ4v) is 3.22. The highest BCUT2D eigenvalue weighted by Crippen LogP contribution is 2.29. The van der Waals surface area contributed by atoms with E-state index in [0.29, 0.717) is 12.3 Å². The van der Waals surface area contributed by atoms with E-state index in [1.54, 1.807) is 6.07 Å².